The summed E-state index contributed by atoms with van der Waals surface area (Å²) in [6.45, 7) is 5.25. The Hall–Kier alpha value is -1.35. The molecule has 0 unspecified atom stereocenters. The van der Waals surface area contributed by atoms with Gasteiger partial charge in [-0.05, 0) is 18.6 Å². The maximum atomic E-state index is 11.8. The number of allylic oxidation sites excluding steroid dienone is 3. The van der Waals surface area contributed by atoms with E-state index in [1.165, 1.54) is 0 Å². The summed E-state index contributed by atoms with van der Waals surface area (Å²) in [7, 11) is -3.24. The Bertz CT molecular complexity index is 536. The Balaban J connectivity index is 2.90. The van der Waals surface area contributed by atoms with Gasteiger partial charge in [-0.1, -0.05) is 30.9 Å². The van der Waals surface area contributed by atoms with Crippen molar-refractivity contribution in [1.29, 1.82) is 0 Å². The Morgan fingerprint density at radius 2 is 1.93 bits per heavy atom. The standard InChI is InChI=1S/C11H10O2S/c1-3-9-8(2)14(12,13)11-7-5-4-6-10(9)11/h3-7H,1H2,2H3. The highest BCUT2D eigenvalue weighted by Crippen LogP contribution is 2.38. The van der Waals surface area contributed by atoms with Crippen molar-refractivity contribution < 1.29 is 8.42 Å². The Morgan fingerprint density at radius 1 is 1.29 bits per heavy atom. The van der Waals surface area contributed by atoms with E-state index in [0.29, 0.717) is 9.80 Å². The van der Waals surface area contributed by atoms with Crippen LogP contribution in [0.3, 0.4) is 0 Å². The highest BCUT2D eigenvalue weighted by molar-refractivity contribution is 7.95. The zero-order chi connectivity index (χ0) is 10.3. The van der Waals surface area contributed by atoms with E-state index in [0.717, 1.165) is 11.1 Å². The molecule has 2 rings (SSSR count). The van der Waals surface area contributed by atoms with Gasteiger partial charge in [0, 0.05) is 5.56 Å². The number of rotatable bonds is 1. The molecule has 1 aliphatic rings. The molecule has 72 valence electrons. The lowest BCUT2D eigenvalue weighted by molar-refractivity contribution is 0.603. The third kappa shape index (κ3) is 0.990. The van der Waals surface area contributed by atoms with Gasteiger partial charge < -0.3 is 0 Å². The molecule has 1 heterocycles. The van der Waals surface area contributed by atoms with Gasteiger partial charge >= 0.3 is 0 Å². The Morgan fingerprint density at radius 3 is 2.57 bits per heavy atom. The fraction of sp³-hybridized carbons (Fsp3) is 0.0909. The first-order valence-corrected chi connectivity index (χ1v) is 5.75. The van der Waals surface area contributed by atoms with Gasteiger partial charge in [0.25, 0.3) is 0 Å². The second-order valence-corrected chi connectivity index (χ2v) is 5.23. The molecule has 0 saturated carbocycles. The third-order valence-electron chi connectivity index (χ3n) is 2.45. The molecule has 0 bridgehead atoms. The summed E-state index contributed by atoms with van der Waals surface area (Å²) in [4.78, 5) is 0.793. The maximum absolute atomic E-state index is 11.8. The monoisotopic (exact) mass is 206 g/mol. The largest absolute Gasteiger partial charge is 0.219 e. The quantitative estimate of drug-likeness (QED) is 0.707. The second kappa shape index (κ2) is 2.82. The van der Waals surface area contributed by atoms with E-state index >= 15 is 0 Å². The van der Waals surface area contributed by atoms with Crippen LogP contribution in [0.1, 0.15) is 12.5 Å². The van der Waals surface area contributed by atoms with Gasteiger partial charge in [-0.3, -0.25) is 0 Å². The summed E-state index contributed by atoms with van der Waals surface area (Å²) in [6, 6.07) is 7.00. The number of sulfone groups is 1. The first-order valence-electron chi connectivity index (χ1n) is 4.27. The third-order valence-corrected chi connectivity index (χ3v) is 4.41. The van der Waals surface area contributed by atoms with Crippen LogP contribution in [0.15, 0.2) is 46.7 Å². The number of benzene rings is 1. The van der Waals surface area contributed by atoms with E-state index in [1.54, 1.807) is 31.2 Å². The summed E-state index contributed by atoms with van der Waals surface area (Å²) in [5.74, 6) is 0. The van der Waals surface area contributed by atoms with E-state index < -0.39 is 9.84 Å². The van der Waals surface area contributed by atoms with Crippen LogP contribution in [0.4, 0.5) is 0 Å². The van der Waals surface area contributed by atoms with Gasteiger partial charge in [0.05, 0.1) is 9.80 Å². The van der Waals surface area contributed by atoms with Gasteiger partial charge in [-0.2, -0.15) is 0 Å². The molecule has 0 spiro atoms. The van der Waals surface area contributed by atoms with Gasteiger partial charge in [-0.25, -0.2) is 8.42 Å². The lowest BCUT2D eigenvalue weighted by Gasteiger charge is -1.97. The molecular weight excluding hydrogens is 196 g/mol. The molecule has 0 aliphatic carbocycles. The molecule has 14 heavy (non-hydrogen) atoms. The van der Waals surface area contributed by atoms with Crippen molar-refractivity contribution in [3.8, 4) is 0 Å². The average Bonchev–Trinajstić information content (AvgIpc) is 2.37. The molecule has 1 aromatic carbocycles. The fourth-order valence-electron chi connectivity index (χ4n) is 1.68. The molecule has 0 atom stereocenters. The summed E-state index contributed by atoms with van der Waals surface area (Å²) >= 11 is 0. The Labute approximate surface area is 83.5 Å². The smallest absolute Gasteiger partial charge is 0.203 e. The van der Waals surface area contributed by atoms with E-state index in [-0.39, 0.29) is 0 Å². The average molecular weight is 206 g/mol. The molecule has 3 heteroatoms. The summed E-state index contributed by atoms with van der Waals surface area (Å²) < 4.78 is 23.7. The molecule has 0 radical (unpaired) electrons. The fourth-order valence-corrected chi connectivity index (χ4v) is 3.21. The molecule has 2 nitrogen and oxygen atoms in total. The molecule has 0 amide bonds. The number of hydrogen-bond acceptors (Lipinski definition) is 2. The molecule has 0 saturated heterocycles. The van der Waals surface area contributed by atoms with Crippen LogP contribution in [0, 0.1) is 0 Å². The minimum Gasteiger partial charge on any atom is -0.219 e. The maximum Gasteiger partial charge on any atom is 0.203 e. The summed E-state index contributed by atoms with van der Waals surface area (Å²) in [6.07, 6.45) is 1.60. The molecule has 1 aliphatic heterocycles. The normalized spacial score (nSPS) is 18.1. The van der Waals surface area contributed by atoms with Gasteiger partial charge in [0.2, 0.25) is 9.84 Å². The van der Waals surface area contributed by atoms with Crippen LogP contribution >= 0.6 is 0 Å². The molecule has 0 fully saturated rings. The highest BCUT2D eigenvalue weighted by Gasteiger charge is 2.30. The molecule has 1 aromatic rings. The number of fused-ring (bicyclic) bond motifs is 1. The minimum atomic E-state index is -3.24. The van der Waals surface area contributed by atoms with Gasteiger partial charge in [0.15, 0.2) is 0 Å². The van der Waals surface area contributed by atoms with Crippen molar-refractivity contribution in [2.45, 2.75) is 11.8 Å². The zero-order valence-corrected chi connectivity index (χ0v) is 8.64. The lowest BCUT2D eigenvalue weighted by atomic mass is 10.1. The van der Waals surface area contributed by atoms with Crippen LogP contribution in [0.5, 0.6) is 0 Å². The minimum absolute atomic E-state index is 0.396. The predicted molar refractivity (Wildman–Crippen MR) is 56.4 cm³/mol. The predicted octanol–water partition coefficient (Wildman–Crippen LogP) is 2.39. The van der Waals surface area contributed by atoms with Crippen LogP contribution < -0.4 is 0 Å². The Kier molecular flexibility index (Phi) is 1.86. The van der Waals surface area contributed by atoms with Crippen molar-refractivity contribution in [1.82, 2.24) is 0 Å². The lowest BCUT2D eigenvalue weighted by Crippen LogP contribution is -1.96. The zero-order valence-electron chi connectivity index (χ0n) is 7.82. The van der Waals surface area contributed by atoms with Crippen molar-refractivity contribution in [2.24, 2.45) is 0 Å². The number of hydrogen-bond donors (Lipinski definition) is 0. The van der Waals surface area contributed by atoms with Crippen LogP contribution in [0.2, 0.25) is 0 Å². The van der Waals surface area contributed by atoms with Crippen LogP contribution in [-0.4, -0.2) is 8.42 Å². The van der Waals surface area contributed by atoms with E-state index in [1.807, 2.05) is 6.07 Å². The van der Waals surface area contributed by atoms with E-state index in [9.17, 15) is 8.42 Å². The topological polar surface area (TPSA) is 34.1 Å². The van der Waals surface area contributed by atoms with Crippen LogP contribution in [0.25, 0.3) is 5.57 Å². The molecule has 0 N–H and O–H groups in total. The van der Waals surface area contributed by atoms with Crippen molar-refractivity contribution >= 4 is 15.4 Å². The summed E-state index contributed by atoms with van der Waals surface area (Å²) in [5, 5.41) is 0. The highest BCUT2D eigenvalue weighted by atomic mass is 32.2. The molecular formula is C11H10O2S. The SMILES string of the molecule is C=CC1=C(C)S(=O)(=O)c2ccccc21. The van der Waals surface area contributed by atoms with Crippen molar-refractivity contribution in [3.63, 3.8) is 0 Å². The van der Waals surface area contributed by atoms with E-state index in [4.69, 9.17) is 0 Å². The molecule has 0 aromatic heterocycles. The van der Waals surface area contributed by atoms with Crippen molar-refractivity contribution in [2.75, 3.05) is 0 Å². The van der Waals surface area contributed by atoms with E-state index in [2.05, 4.69) is 6.58 Å². The van der Waals surface area contributed by atoms with Gasteiger partial charge in [0.1, 0.15) is 0 Å². The van der Waals surface area contributed by atoms with Gasteiger partial charge in [-0.15, -0.1) is 0 Å². The summed E-state index contributed by atoms with van der Waals surface area (Å²) in [5.41, 5.74) is 1.49. The van der Waals surface area contributed by atoms with Crippen LogP contribution in [-0.2, 0) is 9.84 Å². The second-order valence-electron chi connectivity index (χ2n) is 3.17. The van der Waals surface area contributed by atoms with Crippen molar-refractivity contribution in [3.05, 3.63) is 47.4 Å². The first kappa shape index (κ1) is 9.21. The first-order chi connectivity index (χ1) is 6.59.